The summed E-state index contributed by atoms with van der Waals surface area (Å²) in [6.45, 7) is 4.01. The van der Waals surface area contributed by atoms with Gasteiger partial charge in [0, 0.05) is 6.92 Å². The molecule has 4 nitrogen and oxygen atoms in total. The lowest BCUT2D eigenvalue weighted by Gasteiger charge is -2.17. The third-order valence-electron chi connectivity index (χ3n) is 2.93. The maximum atomic E-state index is 4.52. The van der Waals surface area contributed by atoms with Gasteiger partial charge in [0.15, 0.2) is 11.4 Å². The number of quaternary nitrogens is 1. The molecule has 0 spiro atoms. The Balaban J connectivity index is 2.29. The second kappa shape index (κ2) is 4.22. The van der Waals surface area contributed by atoms with Gasteiger partial charge in [0.05, 0.1) is 19.8 Å². The smallest absolute Gasteiger partial charge is 0.170 e. The first-order valence-corrected chi connectivity index (χ1v) is 5.60. The maximum absolute atomic E-state index is 4.52. The monoisotopic (exact) mass is 229 g/mol. The topological polar surface area (TPSA) is 37.1 Å². The number of hydrogen-bond acceptors (Lipinski definition) is 3. The molecule has 0 aliphatic carbocycles. The molecule has 1 aliphatic heterocycles. The van der Waals surface area contributed by atoms with Crippen LogP contribution in [-0.2, 0) is 0 Å². The van der Waals surface area contributed by atoms with Crippen molar-refractivity contribution in [3.63, 3.8) is 0 Å². The Labute approximate surface area is 102 Å². The highest BCUT2D eigenvalue weighted by molar-refractivity contribution is 5.98. The summed E-state index contributed by atoms with van der Waals surface area (Å²) < 4.78 is 0.509. The van der Waals surface area contributed by atoms with Crippen molar-refractivity contribution in [3.8, 4) is 0 Å². The van der Waals surface area contributed by atoms with Crippen LogP contribution in [0.4, 0.5) is 5.69 Å². The molecular weight excluding hydrogens is 212 g/mol. The summed E-state index contributed by atoms with van der Waals surface area (Å²) in [5.74, 6) is 0. The molecule has 1 heterocycles. The fourth-order valence-corrected chi connectivity index (χ4v) is 1.77. The Hall–Kier alpha value is -1.81. The lowest BCUT2D eigenvalue weighted by molar-refractivity contribution is -0.856. The number of nitrogens with zero attached hydrogens (tertiary/aromatic N) is 4. The minimum atomic E-state index is 0.509. The van der Waals surface area contributed by atoms with Gasteiger partial charge in [-0.1, -0.05) is 23.3 Å². The van der Waals surface area contributed by atoms with E-state index in [1.807, 2.05) is 58.3 Å². The van der Waals surface area contributed by atoms with Crippen molar-refractivity contribution in [1.82, 2.24) is 0 Å². The lowest BCUT2D eigenvalue weighted by Crippen LogP contribution is -2.28. The average Bonchev–Trinajstić information content (AvgIpc) is 2.48. The largest absolute Gasteiger partial charge is 0.173 e. The van der Waals surface area contributed by atoms with Gasteiger partial charge in [0.1, 0.15) is 5.71 Å². The van der Waals surface area contributed by atoms with E-state index in [2.05, 4.69) is 15.3 Å². The van der Waals surface area contributed by atoms with Gasteiger partial charge in [-0.05, 0) is 19.1 Å². The number of allylic oxidation sites excluding steroid dienone is 2. The Morgan fingerprint density at radius 2 is 1.65 bits per heavy atom. The predicted octanol–water partition coefficient (Wildman–Crippen LogP) is 3.47. The SMILES string of the molecule is CC1=N[N+](C)(C)C(C)=C1N=Nc1ccccc1. The van der Waals surface area contributed by atoms with E-state index in [0.29, 0.717) is 4.59 Å². The second-order valence-corrected chi connectivity index (χ2v) is 4.55. The van der Waals surface area contributed by atoms with E-state index in [9.17, 15) is 0 Å². The number of benzene rings is 1. The third kappa shape index (κ3) is 2.31. The zero-order chi connectivity index (χ0) is 12.5. The molecule has 0 saturated heterocycles. The molecule has 0 fully saturated rings. The van der Waals surface area contributed by atoms with Gasteiger partial charge >= 0.3 is 0 Å². The summed E-state index contributed by atoms with van der Waals surface area (Å²) in [5.41, 5.74) is 3.80. The summed E-state index contributed by atoms with van der Waals surface area (Å²) in [5, 5.41) is 13.1. The first kappa shape index (κ1) is 11.7. The van der Waals surface area contributed by atoms with Gasteiger partial charge in [0.25, 0.3) is 0 Å². The molecule has 4 heteroatoms. The van der Waals surface area contributed by atoms with Gasteiger partial charge in [-0.2, -0.15) is 9.71 Å². The van der Waals surface area contributed by atoms with Crippen LogP contribution in [0.3, 0.4) is 0 Å². The van der Waals surface area contributed by atoms with E-state index in [4.69, 9.17) is 0 Å². The summed E-state index contributed by atoms with van der Waals surface area (Å²) in [6, 6.07) is 9.73. The van der Waals surface area contributed by atoms with E-state index < -0.39 is 0 Å². The van der Waals surface area contributed by atoms with Crippen molar-refractivity contribution in [1.29, 1.82) is 0 Å². The van der Waals surface area contributed by atoms with Crippen molar-refractivity contribution in [3.05, 3.63) is 41.7 Å². The third-order valence-corrected chi connectivity index (χ3v) is 2.93. The quantitative estimate of drug-likeness (QED) is 0.550. The normalized spacial score (nSPS) is 18.9. The Morgan fingerprint density at radius 3 is 2.18 bits per heavy atom. The van der Waals surface area contributed by atoms with Crippen LogP contribution in [0.2, 0.25) is 0 Å². The average molecular weight is 229 g/mol. The van der Waals surface area contributed by atoms with Crippen LogP contribution in [0, 0.1) is 0 Å². The van der Waals surface area contributed by atoms with Gasteiger partial charge in [-0.15, -0.1) is 5.11 Å². The van der Waals surface area contributed by atoms with Crippen LogP contribution < -0.4 is 0 Å². The first-order valence-electron chi connectivity index (χ1n) is 5.60. The van der Waals surface area contributed by atoms with Gasteiger partial charge in [-0.3, -0.25) is 0 Å². The molecule has 88 valence electrons. The number of rotatable bonds is 2. The molecule has 0 bridgehead atoms. The molecule has 1 aliphatic rings. The zero-order valence-electron chi connectivity index (χ0n) is 10.7. The Bertz CT molecular complexity index is 509. The second-order valence-electron chi connectivity index (χ2n) is 4.55. The summed E-state index contributed by atoms with van der Waals surface area (Å²) >= 11 is 0. The molecule has 0 amide bonds. The summed E-state index contributed by atoms with van der Waals surface area (Å²) in [7, 11) is 4.06. The van der Waals surface area contributed by atoms with Gasteiger partial charge in [-0.25, -0.2) is 0 Å². The van der Waals surface area contributed by atoms with Crippen LogP contribution in [0.5, 0.6) is 0 Å². The molecule has 0 aromatic heterocycles. The predicted molar refractivity (Wildman–Crippen MR) is 68.9 cm³/mol. The van der Waals surface area contributed by atoms with Gasteiger partial charge < -0.3 is 0 Å². The van der Waals surface area contributed by atoms with Crippen molar-refractivity contribution in [2.24, 2.45) is 15.3 Å². The molecular formula is C13H17N4+. The van der Waals surface area contributed by atoms with E-state index in [1.54, 1.807) is 0 Å². The van der Waals surface area contributed by atoms with Crippen molar-refractivity contribution >= 4 is 11.4 Å². The number of hydrogen-bond donors (Lipinski definition) is 0. The molecule has 0 radical (unpaired) electrons. The first-order chi connectivity index (χ1) is 8.00. The Kier molecular flexibility index (Phi) is 2.90. The summed E-state index contributed by atoms with van der Waals surface area (Å²) in [4.78, 5) is 0. The standard InChI is InChI=1S/C13H17N4/c1-10-13(11(2)17(3,4)16-10)15-14-12-8-6-5-7-9-12/h5-9H,1-4H3/q+1. The maximum Gasteiger partial charge on any atom is 0.170 e. The highest BCUT2D eigenvalue weighted by Gasteiger charge is 2.31. The molecule has 1 aromatic carbocycles. The number of azo groups is 1. The van der Waals surface area contributed by atoms with Crippen LogP contribution in [0.25, 0.3) is 0 Å². The van der Waals surface area contributed by atoms with Crippen LogP contribution in [0.15, 0.2) is 57.1 Å². The highest BCUT2D eigenvalue weighted by Crippen LogP contribution is 2.27. The van der Waals surface area contributed by atoms with Crippen LogP contribution in [0.1, 0.15) is 13.8 Å². The van der Waals surface area contributed by atoms with E-state index in [-0.39, 0.29) is 0 Å². The zero-order valence-corrected chi connectivity index (χ0v) is 10.7. The van der Waals surface area contributed by atoms with Crippen LogP contribution in [-0.4, -0.2) is 24.4 Å². The fraction of sp³-hybridized carbons (Fsp3) is 0.308. The lowest BCUT2D eigenvalue weighted by atomic mass is 10.2. The van der Waals surface area contributed by atoms with E-state index >= 15 is 0 Å². The van der Waals surface area contributed by atoms with Gasteiger partial charge in [0.2, 0.25) is 0 Å². The molecule has 1 aromatic rings. The summed E-state index contributed by atoms with van der Waals surface area (Å²) in [6.07, 6.45) is 0. The van der Waals surface area contributed by atoms with E-state index in [0.717, 1.165) is 22.8 Å². The molecule has 17 heavy (non-hydrogen) atoms. The molecule has 0 atom stereocenters. The minimum Gasteiger partial charge on any atom is -0.173 e. The van der Waals surface area contributed by atoms with E-state index in [1.165, 1.54) is 0 Å². The Morgan fingerprint density at radius 1 is 1.00 bits per heavy atom. The molecule has 0 unspecified atom stereocenters. The minimum absolute atomic E-state index is 0.509. The molecule has 0 saturated carbocycles. The van der Waals surface area contributed by atoms with Crippen molar-refractivity contribution < 1.29 is 4.59 Å². The molecule has 2 rings (SSSR count). The highest BCUT2D eigenvalue weighted by atomic mass is 15.6. The molecule has 0 N–H and O–H groups in total. The van der Waals surface area contributed by atoms with Crippen molar-refractivity contribution in [2.45, 2.75) is 13.8 Å². The fourth-order valence-electron chi connectivity index (χ4n) is 1.77. The van der Waals surface area contributed by atoms with Crippen LogP contribution >= 0.6 is 0 Å². The van der Waals surface area contributed by atoms with Crippen molar-refractivity contribution in [2.75, 3.05) is 14.1 Å².